The van der Waals surface area contributed by atoms with Crippen molar-refractivity contribution in [1.82, 2.24) is 5.32 Å². The lowest BCUT2D eigenvalue weighted by Gasteiger charge is -2.44. The highest BCUT2D eigenvalue weighted by Gasteiger charge is 2.52. The van der Waals surface area contributed by atoms with E-state index in [4.69, 9.17) is 11.6 Å². The van der Waals surface area contributed by atoms with Gasteiger partial charge in [-0.25, -0.2) is 4.79 Å². The summed E-state index contributed by atoms with van der Waals surface area (Å²) in [4.78, 5) is 27.7. The van der Waals surface area contributed by atoms with Gasteiger partial charge in [-0.05, 0) is 48.6 Å². The van der Waals surface area contributed by atoms with Crippen LogP contribution in [0.4, 0.5) is 16.2 Å². The minimum atomic E-state index is -2.19. The zero-order chi connectivity index (χ0) is 21.5. The highest BCUT2D eigenvalue weighted by Crippen LogP contribution is 2.40. The number of fused-ring (bicyclic) bond motifs is 1. The van der Waals surface area contributed by atoms with Crippen LogP contribution in [0.2, 0.25) is 5.02 Å². The second kappa shape index (κ2) is 7.93. The summed E-state index contributed by atoms with van der Waals surface area (Å²) in [6.45, 7) is 4.30. The van der Waals surface area contributed by atoms with Crippen LogP contribution in [-0.4, -0.2) is 23.1 Å². The van der Waals surface area contributed by atoms with Crippen LogP contribution in [0.5, 0.6) is 0 Å². The molecule has 1 aliphatic heterocycles. The zero-order valence-electron chi connectivity index (χ0n) is 17.1. The Morgan fingerprint density at radius 1 is 1.17 bits per heavy atom. The number of nitrogens with one attached hydrogen (secondary N) is 2. The van der Waals surface area contributed by atoms with Crippen molar-refractivity contribution >= 4 is 34.9 Å². The summed E-state index contributed by atoms with van der Waals surface area (Å²) in [5.74, 6) is 0.154. The number of aliphatic hydroxyl groups is 1. The molecule has 3 N–H and O–H groups in total. The van der Waals surface area contributed by atoms with Crippen LogP contribution < -0.4 is 15.5 Å². The Morgan fingerprint density at radius 3 is 2.60 bits per heavy atom. The van der Waals surface area contributed by atoms with Crippen molar-refractivity contribution in [3.05, 3.63) is 59.1 Å². The summed E-state index contributed by atoms with van der Waals surface area (Å²) in [5, 5.41) is 18.2. The normalized spacial score (nSPS) is 28.5. The predicted molar refractivity (Wildman–Crippen MR) is 117 cm³/mol. The van der Waals surface area contributed by atoms with Crippen LogP contribution in [0.25, 0.3) is 0 Å². The molecule has 1 saturated carbocycles. The van der Waals surface area contributed by atoms with Gasteiger partial charge in [0.2, 0.25) is 0 Å². The number of benzene rings is 2. The molecule has 4 rings (SSSR count). The van der Waals surface area contributed by atoms with Gasteiger partial charge in [0.15, 0.2) is 0 Å². The van der Waals surface area contributed by atoms with Crippen LogP contribution >= 0.6 is 11.6 Å². The number of rotatable bonds is 3. The van der Waals surface area contributed by atoms with Gasteiger partial charge in [-0.1, -0.05) is 56.5 Å². The number of carbonyl (C=O) groups is 2. The zero-order valence-corrected chi connectivity index (χ0v) is 17.8. The quantitative estimate of drug-likeness (QED) is 0.675. The molecule has 0 radical (unpaired) electrons. The molecule has 3 amide bonds. The molecule has 30 heavy (non-hydrogen) atoms. The summed E-state index contributed by atoms with van der Waals surface area (Å²) >= 11 is 6.00. The lowest BCUT2D eigenvalue weighted by atomic mass is 9.78. The third kappa shape index (κ3) is 3.44. The minimum absolute atomic E-state index is 0.0607. The Labute approximate surface area is 181 Å². The maximum absolute atomic E-state index is 13.6. The molecule has 0 saturated heterocycles. The fraction of sp³-hybridized carbons (Fsp3) is 0.391. The molecule has 2 aliphatic rings. The van der Waals surface area contributed by atoms with E-state index in [0.717, 1.165) is 24.2 Å². The molecule has 1 heterocycles. The Hall–Kier alpha value is -2.57. The van der Waals surface area contributed by atoms with Crippen LogP contribution in [0.1, 0.15) is 38.7 Å². The second-order valence-electron chi connectivity index (χ2n) is 8.31. The molecule has 0 unspecified atom stereocenters. The van der Waals surface area contributed by atoms with E-state index < -0.39 is 17.7 Å². The molecule has 6 nitrogen and oxygen atoms in total. The highest BCUT2D eigenvalue weighted by atomic mass is 35.5. The smallest absolute Gasteiger partial charge is 0.329 e. The summed E-state index contributed by atoms with van der Waals surface area (Å²) in [5.41, 5.74) is -1.08. The fourth-order valence-corrected chi connectivity index (χ4v) is 4.63. The van der Waals surface area contributed by atoms with Gasteiger partial charge in [-0.3, -0.25) is 9.69 Å². The SMILES string of the molecule is C[C@@H]1[C@H](C)CCC[C@H]1NC(=O)[C@@]1(O)c2ccccc2NC(=O)N1c1ccc(Cl)cc1. The van der Waals surface area contributed by atoms with Crippen LogP contribution in [0.15, 0.2) is 48.5 Å². The second-order valence-corrected chi connectivity index (χ2v) is 8.74. The van der Waals surface area contributed by atoms with E-state index in [1.165, 1.54) is 0 Å². The number of anilines is 2. The maximum atomic E-state index is 13.6. The molecular formula is C23H26ClN3O3. The average molecular weight is 428 g/mol. The molecule has 4 atom stereocenters. The molecule has 2 aromatic rings. The lowest BCUT2D eigenvalue weighted by molar-refractivity contribution is -0.141. The summed E-state index contributed by atoms with van der Waals surface area (Å²) in [6.07, 6.45) is 2.99. The first-order valence-electron chi connectivity index (χ1n) is 10.3. The molecule has 0 spiro atoms. The molecule has 0 aromatic heterocycles. The van der Waals surface area contributed by atoms with Crippen molar-refractivity contribution in [3.63, 3.8) is 0 Å². The van der Waals surface area contributed by atoms with Gasteiger partial charge in [0.05, 0.1) is 5.69 Å². The van der Waals surface area contributed by atoms with Gasteiger partial charge < -0.3 is 15.7 Å². The van der Waals surface area contributed by atoms with Gasteiger partial charge >= 0.3 is 6.03 Å². The summed E-state index contributed by atoms with van der Waals surface area (Å²) in [7, 11) is 0. The highest BCUT2D eigenvalue weighted by molar-refractivity contribution is 6.30. The largest absolute Gasteiger partial charge is 0.359 e. The van der Waals surface area contributed by atoms with Crippen molar-refractivity contribution in [2.24, 2.45) is 11.8 Å². The van der Waals surface area contributed by atoms with Crippen LogP contribution in [0.3, 0.4) is 0 Å². The van der Waals surface area contributed by atoms with E-state index in [-0.39, 0.29) is 12.0 Å². The number of para-hydroxylation sites is 1. The molecular weight excluding hydrogens is 402 g/mol. The molecule has 158 valence electrons. The number of carbonyl (C=O) groups excluding carboxylic acids is 2. The minimum Gasteiger partial charge on any atom is -0.359 e. The first-order chi connectivity index (χ1) is 14.3. The average Bonchev–Trinajstić information content (AvgIpc) is 2.72. The standard InChI is InChI=1S/C23H26ClN3O3/c1-14-6-5-9-19(15(14)2)25-21(28)23(30)18-7-3-4-8-20(18)26-22(29)27(23)17-12-10-16(24)11-13-17/h3-4,7-8,10-15,19,30H,5-6,9H2,1-2H3,(H,25,28)(H,26,29)/t14-,15-,19-,23+/m1/s1. The van der Waals surface area contributed by atoms with Crippen LogP contribution in [-0.2, 0) is 10.5 Å². The van der Waals surface area contributed by atoms with Gasteiger partial charge in [-0.2, -0.15) is 0 Å². The van der Waals surface area contributed by atoms with Crippen molar-refractivity contribution in [2.75, 3.05) is 10.2 Å². The van der Waals surface area contributed by atoms with Crippen molar-refractivity contribution in [1.29, 1.82) is 0 Å². The van der Waals surface area contributed by atoms with E-state index in [1.54, 1.807) is 48.5 Å². The van der Waals surface area contributed by atoms with E-state index in [9.17, 15) is 14.7 Å². The van der Waals surface area contributed by atoms with Crippen LogP contribution in [0, 0.1) is 11.8 Å². The maximum Gasteiger partial charge on any atom is 0.329 e. The van der Waals surface area contributed by atoms with E-state index >= 15 is 0 Å². The Kier molecular flexibility index (Phi) is 5.47. The van der Waals surface area contributed by atoms with E-state index in [0.29, 0.717) is 27.9 Å². The van der Waals surface area contributed by atoms with Crippen molar-refractivity contribution in [2.45, 2.75) is 44.9 Å². The molecule has 1 aliphatic carbocycles. The third-order valence-corrected chi connectivity index (χ3v) is 6.75. The molecule has 1 fully saturated rings. The monoisotopic (exact) mass is 427 g/mol. The molecule has 0 bridgehead atoms. The number of halogens is 1. The predicted octanol–water partition coefficient (Wildman–Crippen LogP) is 4.48. The first kappa shape index (κ1) is 20.7. The molecule has 2 aromatic carbocycles. The number of nitrogens with zero attached hydrogens (tertiary/aromatic N) is 1. The number of urea groups is 1. The van der Waals surface area contributed by atoms with Gasteiger partial charge in [0.25, 0.3) is 11.6 Å². The van der Waals surface area contributed by atoms with Crippen molar-refractivity contribution < 1.29 is 14.7 Å². The summed E-state index contributed by atoms with van der Waals surface area (Å²) in [6, 6.07) is 12.6. The Bertz CT molecular complexity index is 964. The number of hydrogen-bond donors (Lipinski definition) is 3. The van der Waals surface area contributed by atoms with Gasteiger partial charge in [-0.15, -0.1) is 0 Å². The van der Waals surface area contributed by atoms with Gasteiger partial charge in [0.1, 0.15) is 0 Å². The van der Waals surface area contributed by atoms with E-state index in [1.807, 2.05) is 0 Å². The van der Waals surface area contributed by atoms with Gasteiger partial charge in [0, 0.05) is 22.3 Å². The van der Waals surface area contributed by atoms with Crippen molar-refractivity contribution in [3.8, 4) is 0 Å². The fourth-order valence-electron chi connectivity index (χ4n) is 4.51. The van der Waals surface area contributed by atoms with E-state index in [2.05, 4.69) is 24.5 Å². The Balaban J connectivity index is 1.77. The third-order valence-electron chi connectivity index (χ3n) is 6.50. The molecule has 7 heteroatoms. The number of amides is 3. The first-order valence-corrected chi connectivity index (χ1v) is 10.7. The Morgan fingerprint density at radius 2 is 1.87 bits per heavy atom. The number of hydrogen-bond acceptors (Lipinski definition) is 3. The lowest BCUT2D eigenvalue weighted by Crippen LogP contribution is -2.64. The topological polar surface area (TPSA) is 81.7 Å². The summed E-state index contributed by atoms with van der Waals surface area (Å²) < 4.78 is 0.